The number of H-pyrrole nitrogens is 1. The van der Waals surface area contributed by atoms with E-state index >= 15 is 0 Å². The maximum atomic E-state index is 12.8. The first-order valence-corrected chi connectivity index (χ1v) is 11.1. The van der Waals surface area contributed by atoms with Gasteiger partial charge in [0.2, 0.25) is 0 Å². The zero-order valence-electron chi connectivity index (χ0n) is 18.6. The summed E-state index contributed by atoms with van der Waals surface area (Å²) in [5, 5.41) is 3.91. The van der Waals surface area contributed by atoms with Crippen molar-refractivity contribution in [3.05, 3.63) is 95.7 Å². The summed E-state index contributed by atoms with van der Waals surface area (Å²) in [6.07, 6.45) is 0. The van der Waals surface area contributed by atoms with E-state index in [2.05, 4.69) is 41.2 Å². The molecule has 0 radical (unpaired) electrons. The van der Waals surface area contributed by atoms with Crippen LogP contribution in [-0.2, 0) is 13.2 Å². The Kier molecular flexibility index (Phi) is 6.87. The van der Waals surface area contributed by atoms with Crippen LogP contribution in [0.4, 0.5) is 5.69 Å². The predicted molar refractivity (Wildman–Crippen MR) is 130 cm³/mol. The third-order valence-corrected chi connectivity index (χ3v) is 5.60. The number of ether oxygens (including phenoxy) is 1. The Labute approximate surface area is 189 Å². The second kappa shape index (κ2) is 10.2. The van der Waals surface area contributed by atoms with Crippen LogP contribution in [0, 0.1) is 0 Å². The molecule has 0 aliphatic heterocycles. The molecule has 0 saturated heterocycles. The van der Waals surface area contributed by atoms with Crippen LogP contribution < -0.4 is 10.1 Å². The van der Waals surface area contributed by atoms with E-state index in [-0.39, 0.29) is 5.91 Å². The van der Waals surface area contributed by atoms with Crippen LogP contribution in [0.2, 0.25) is 0 Å². The molecule has 0 aliphatic rings. The molecule has 1 heterocycles. The molecule has 4 rings (SSSR count). The molecule has 0 atom stereocenters. The van der Waals surface area contributed by atoms with E-state index < -0.39 is 0 Å². The Morgan fingerprint density at radius 2 is 1.66 bits per heavy atom. The highest BCUT2D eigenvalue weighted by Crippen LogP contribution is 2.23. The largest absolute Gasteiger partial charge is 0.489 e. The maximum Gasteiger partial charge on any atom is 0.272 e. The second-order valence-electron chi connectivity index (χ2n) is 7.82. The molecule has 0 aliphatic carbocycles. The zero-order valence-corrected chi connectivity index (χ0v) is 18.6. The second-order valence-corrected chi connectivity index (χ2v) is 7.82. The van der Waals surface area contributed by atoms with E-state index in [4.69, 9.17) is 4.74 Å². The molecule has 0 fully saturated rings. The van der Waals surface area contributed by atoms with Crippen LogP contribution in [0.3, 0.4) is 0 Å². The van der Waals surface area contributed by atoms with Crippen molar-refractivity contribution in [3.63, 3.8) is 0 Å². The van der Waals surface area contributed by atoms with Gasteiger partial charge in [-0.25, -0.2) is 0 Å². The number of nitrogens with zero attached hydrogens (tertiary/aromatic N) is 1. The molecule has 1 aromatic heterocycles. The predicted octanol–water partition coefficient (Wildman–Crippen LogP) is 5.84. The first kappa shape index (κ1) is 21.7. The van der Waals surface area contributed by atoms with Crippen LogP contribution in [0.15, 0.2) is 78.9 Å². The van der Waals surface area contributed by atoms with Gasteiger partial charge in [0.05, 0.1) is 0 Å². The van der Waals surface area contributed by atoms with Gasteiger partial charge in [-0.05, 0) is 60.6 Å². The number of aromatic nitrogens is 1. The minimum absolute atomic E-state index is 0.163. The fraction of sp³-hybridized carbons (Fsp3) is 0.222. The third kappa shape index (κ3) is 5.37. The van der Waals surface area contributed by atoms with Gasteiger partial charge in [-0.15, -0.1) is 0 Å². The molecule has 164 valence electrons. The smallest absolute Gasteiger partial charge is 0.272 e. The van der Waals surface area contributed by atoms with Crippen molar-refractivity contribution in [3.8, 4) is 5.75 Å². The van der Waals surface area contributed by atoms with Gasteiger partial charge in [0.1, 0.15) is 18.1 Å². The molecule has 2 N–H and O–H groups in total. The van der Waals surface area contributed by atoms with Gasteiger partial charge in [0, 0.05) is 23.1 Å². The van der Waals surface area contributed by atoms with Crippen LogP contribution in [0.5, 0.6) is 5.75 Å². The van der Waals surface area contributed by atoms with E-state index in [0.717, 1.165) is 47.5 Å². The minimum atomic E-state index is -0.163. The first-order valence-electron chi connectivity index (χ1n) is 11.1. The van der Waals surface area contributed by atoms with Crippen LogP contribution in [-0.4, -0.2) is 28.9 Å². The summed E-state index contributed by atoms with van der Waals surface area (Å²) < 4.78 is 5.90. The number of aromatic amines is 1. The number of carbonyl (C=O) groups is 1. The van der Waals surface area contributed by atoms with Crippen molar-refractivity contribution in [2.24, 2.45) is 0 Å². The topological polar surface area (TPSA) is 57.4 Å². The SMILES string of the molecule is CCN(CC)Cc1ccc(NC(=O)c2cc3cc(OCc4ccccc4)ccc3[nH]2)cc1. The van der Waals surface area contributed by atoms with Gasteiger partial charge in [0.15, 0.2) is 0 Å². The molecular weight excluding hydrogens is 398 g/mol. The van der Waals surface area contributed by atoms with Crippen molar-refractivity contribution in [1.29, 1.82) is 0 Å². The lowest BCUT2D eigenvalue weighted by Crippen LogP contribution is -2.22. The van der Waals surface area contributed by atoms with E-state index in [9.17, 15) is 4.79 Å². The number of nitrogens with one attached hydrogen (secondary N) is 2. The monoisotopic (exact) mass is 427 g/mol. The van der Waals surface area contributed by atoms with Gasteiger partial charge in [-0.3, -0.25) is 9.69 Å². The van der Waals surface area contributed by atoms with E-state index in [0.29, 0.717) is 12.3 Å². The lowest BCUT2D eigenvalue weighted by molar-refractivity contribution is 0.102. The standard InChI is InChI=1S/C27H29N3O2/c1-3-30(4-2)18-20-10-12-23(13-11-20)28-27(31)26-17-22-16-24(14-15-25(22)29-26)32-19-21-8-6-5-7-9-21/h5-17,29H,3-4,18-19H2,1-2H3,(H,28,31). The lowest BCUT2D eigenvalue weighted by atomic mass is 10.2. The van der Waals surface area contributed by atoms with Gasteiger partial charge >= 0.3 is 0 Å². The van der Waals surface area contributed by atoms with Crippen molar-refractivity contribution in [2.45, 2.75) is 27.0 Å². The average Bonchev–Trinajstić information content (AvgIpc) is 3.26. The molecule has 5 heteroatoms. The summed E-state index contributed by atoms with van der Waals surface area (Å²) >= 11 is 0. The lowest BCUT2D eigenvalue weighted by Gasteiger charge is -2.18. The Morgan fingerprint density at radius 1 is 0.906 bits per heavy atom. The summed E-state index contributed by atoms with van der Waals surface area (Å²) in [4.78, 5) is 18.3. The average molecular weight is 428 g/mol. The number of fused-ring (bicyclic) bond motifs is 1. The highest BCUT2D eigenvalue weighted by Gasteiger charge is 2.11. The summed E-state index contributed by atoms with van der Waals surface area (Å²) in [6.45, 7) is 7.79. The number of hydrogen-bond acceptors (Lipinski definition) is 3. The molecule has 0 saturated carbocycles. The first-order chi connectivity index (χ1) is 15.6. The van der Waals surface area contributed by atoms with E-state index in [1.165, 1.54) is 5.56 Å². The molecule has 5 nitrogen and oxygen atoms in total. The van der Waals surface area contributed by atoms with Crippen LogP contribution >= 0.6 is 0 Å². The van der Waals surface area contributed by atoms with Crippen LogP contribution in [0.25, 0.3) is 10.9 Å². The van der Waals surface area contributed by atoms with Crippen molar-refractivity contribution < 1.29 is 9.53 Å². The number of rotatable bonds is 9. The molecule has 3 aromatic carbocycles. The van der Waals surface area contributed by atoms with Crippen LogP contribution in [0.1, 0.15) is 35.5 Å². The number of benzene rings is 3. The highest BCUT2D eigenvalue weighted by atomic mass is 16.5. The Morgan fingerprint density at radius 3 is 2.38 bits per heavy atom. The fourth-order valence-electron chi connectivity index (χ4n) is 3.66. The molecular formula is C27H29N3O2. The summed E-state index contributed by atoms with van der Waals surface area (Å²) in [6, 6.07) is 25.8. The minimum Gasteiger partial charge on any atom is -0.489 e. The molecule has 0 bridgehead atoms. The molecule has 0 spiro atoms. The quantitative estimate of drug-likeness (QED) is 0.353. The van der Waals surface area contributed by atoms with Gasteiger partial charge in [0.25, 0.3) is 5.91 Å². The number of hydrogen-bond donors (Lipinski definition) is 2. The van der Waals surface area contributed by atoms with Gasteiger partial charge < -0.3 is 15.0 Å². The van der Waals surface area contributed by atoms with Gasteiger partial charge in [-0.2, -0.15) is 0 Å². The molecule has 4 aromatic rings. The number of carbonyl (C=O) groups excluding carboxylic acids is 1. The summed E-state index contributed by atoms with van der Waals surface area (Å²) in [7, 11) is 0. The van der Waals surface area contributed by atoms with Crippen molar-refractivity contribution >= 4 is 22.5 Å². The molecule has 1 amide bonds. The molecule has 32 heavy (non-hydrogen) atoms. The normalized spacial score (nSPS) is 11.1. The number of amides is 1. The Balaban J connectivity index is 1.40. The zero-order chi connectivity index (χ0) is 22.3. The van der Waals surface area contributed by atoms with E-state index in [1.54, 1.807) is 0 Å². The van der Waals surface area contributed by atoms with Crippen molar-refractivity contribution in [1.82, 2.24) is 9.88 Å². The highest BCUT2D eigenvalue weighted by molar-refractivity contribution is 6.06. The Bertz CT molecular complexity index is 1160. The van der Waals surface area contributed by atoms with E-state index in [1.807, 2.05) is 66.7 Å². The third-order valence-electron chi connectivity index (χ3n) is 5.60. The van der Waals surface area contributed by atoms with Gasteiger partial charge in [-0.1, -0.05) is 56.3 Å². The summed E-state index contributed by atoms with van der Waals surface area (Å²) in [5.41, 5.74) is 4.55. The fourth-order valence-corrected chi connectivity index (χ4v) is 3.66. The Hall–Kier alpha value is -3.57. The molecule has 0 unspecified atom stereocenters. The maximum absolute atomic E-state index is 12.8. The number of anilines is 1. The summed E-state index contributed by atoms with van der Waals surface area (Å²) in [5.74, 6) is 0.612. The van der Waals surface area contributed by atoms with Crippen molar-refractivity contribution in [2.75, 3.05) is 18.4 Å².